The third-order valence-electron chi connectivity index (χ3n) is 1.40. The summed E-state index contributed by atoms with van der Waals surface area (Å²) in [6.45, 7) is 3.47. The number of nitrogens with zero attached hydrogens (tertiary/aromatic N) is 1. The molecule has 0 saturated carbocycles. The first-order valence-corrected chi connectivity index (χ1v) is 3.26. The topological polar surface area (TPSA) is 59.1 Å². The highest BCUT2D eigenvalue weighted by atomic mass is 16.3. The van der Waals surface area contributed by atoms with E-state index in [1.165, 1.54) is 0 Å². The van der Waals surface area contributed by atoms with Crippen LogP contribution in [0, 0.1) is 0 Å². The molecule has 3 nitrogen and oxygen atoms in total. The lowest BCUT2D eigenvalue weighted by Crippen LogP contribution is -1.97. The van der Waals surface area contributed by atoms with Gasteiger partial charge >= 0.3 is 0 Å². The minimum Gasteiger partial charge on any atom is -0.390 e. The van der Waals surface area contributed by atoms with Crippen molar-refractivity contribution >= 4 is 11.9 Å². The molecule has 0 aliphatic carbocycles. The van der Waals surface area contributed by atoms with Gasteiger partial charge in [-0.3, -0.25) is 0 Å². The van der Waals surface area contributed by atoms with Crippen LogP contribution in [0.15, 0.2) is 18.7 Å². The molecule has 3 heteroatoms. The number of rotatable bonds is 2. The fraction of sp³-hybridized carbons (Fsp3) is 0.125. The predicted octanol–water partition coefficient (Wildman–Crippen LogP) is 0.799. The van der Waals surface area contributed by atoms with Crippen LogP contribution in [-0.2, 0) is 6.61 Å². The quantitative estimate of drug-likeness (QED) is 0.655. The van der Waals surface area contributed by atoms with Gasteiger partial charge in [-0.2, -0.15) is 0 Å². The number of anilines is 1. The van der Waals surface area contributed by atoms with Gasteiger partial charge in [0.05, 0.1) is 12.3 Å². The first-order chi connectivity index (χ1) is 5.27. The molecular formula is C8H10N2O. The summed E-state index contributed by atoms with van der Waals surface area (Å²) in [4.78, 5) is 3.92. The maximum absolute atomic E-state index is 8.81. The number of aliphatic hydroxyl groups is 1. The van der Waals surface area contributed by atoms with Gasteiger partial charge in [0, 0.05) is 0 Å². The molecule has 11 heavy (non-hydrogen) atoms. The molecule has 0 amide bonds. The van der Waals surface area contributed by atoms with E-state index in [0.29, 0.717) is 11.5 Å². The standard InChI is InChI=1S/C8H10N2O/c1-2-6-3-4-8(9)10-7(6)5-11/h2-4,11H,1,5H2,(H2,9,10). The Morgan fingerprint density at radius 2 is 2.36 bits per heavy atom. The molecule has 0 aliphatic heterocycles. The van der Waals surface area contributed by atoms with Crippen LogP contribution in [0.25, 0.3) is 6.08 Å². The largest absolute Gasteiger partial charge is 0.390 e. The predicted molar refractivity (Wildman–Crippen MR) is 44.7 cm³/mol. The van der Waals surface area contributed by atoms with Gasteiger partial charge in [-0.15, -0.1) is 0 Å². The summed E-state index contributed by atoms with van der Waals surface area (Å²) in [5, 5.41) is 8.81. The van der Waals surface area contributed by atoms with Crippen molar-refractivity contribution in [1.29, 1.82) is 0 Å². The minimum atomic E-state index is -0.105. The molecule has 3 N–H and O–H groups in total. The Kier molecular flexibility index (Phi) is 2.23. The average Bonchev–Trinajstić information content (AvgIpc) is 2.04. The molecule has 0 bridgehead atoms. The summed E-state index contributed by atoms with van der Waals surface area (Å²) in [6, 6.07) is 3.46. The Bertz CT molecular complexity index is 271. The zero-order valence-corrected chi connectivity index (χ0v) is 6.12. The van der Waals surface area contributed by atoms with E-state index in [9.17, 15) is 0 Å². The number of hydrogen-bond acceptors (Lipinski definition) is 3. The second kappa shape index (κ2) is 3.16. The smallest absolute Gasteiger partial charge is 0.123 e. The summed E-state index contributed by atoms with van der Waals surface area (Å²) in [5.41, 5.74) is 6.79. The number of nitrogens with two attached hydrogens (primary N) is 1. The maximum atomic E-state index is 8.81. The zero-order valence-electron chi connectivity index (χ0n) is 6.12. The molecule has 1 aromatic rings. The van der Waals surface area contributed by atoms with E-state index >= 15 is 0 Å². The van der Waals surface area contributed by atoms with E-state index in [1.54, 1.807) is 18.2 Å². The second-order valence-corrected chi connectivity index (χ2v) is 2.13. The monoisotopic (exact) mass is 150 g/mol. The van der Waals surface area contributed by atoms with Crippen molar-refractivity contribution in [2.75, 3.05) is 5.73 Å². The van der Waals surface area contributed by atoms with Gasteiger partial charge in [0.2, 0.25) is 0 Å². The van der Waals surface area contributed by atoms with Crippen molar-refractivity contribution in [3.05, 3.63) is 30.0 Å². The fourth-order valence-corrected chi connectivity index (χ4v) is 0.842. The Morgan fingerprint density at radius 3 is 2.91 bits per heavy atom. The first-order valence-electron chi connectivity index (χ1n) is 3.26. The van der Waals surface area contributed by atoms with Crippen molar-refractivity contribution < 1.29 is 5.11 Å². The van der Waals surface area contributed by atoms with Gasteiger partial charge in [-0.25, -0.2) is 4.98 Å². The maximum Gasteiger partial charge on any atom is 0.123 e. The summed E-state index contributed by atoms with van der Waals surface area (Å²) in [7, 11) is 0. The van der Waals surface area contributed by atoms with Crippen LogP contribution >= 0.6 is 0 Å². The van der Waals surface area contributed by atoms with Gasteiger partial charge in [0.25, 0.3) is 0 Å². The number of aromatic nitrogens is 1. The highest BCUT2D eigenvalue weighted by Crippen LogP contribution is 2.09. The van der Waals surface area contributed by atoms with Crippen LogP contribution in [0.2, 0.25) is 0 Å². The van der Waals surface area contributed by atoms with Gasteiger partial charge in [-0.05, 0) is 17.7 Å². The van der Waals surface area contributed by atoms with Crippen molar-refractivity contribution in [3.8, 4) is 0 Å². The van der Waals surface area contributed by atoms with Crippen molar-refractivity contribution in [3.63, 3.8) is 0 Å². The van der Waals surface area contributed by atoms with Crippen molar-refractivity contribution in [2.45, 2.75) is 6.61 Å². The van der Waals surface area contributed by atoms with Crippen LogP contribution in [0.5, 0.6) is 0 Å². The van der Waals surface area contributed by atoms with Crippen LogP contribution in [-0.4, -0.2) is 10.1 Å². The third kappa shape index (κ3) is 1.56. The lowest BCUT2D eigenvalue weighted by atomic mass is 10.2. The Hall–Kier alpha value is -1.35. The molecule has 0 fully saturated rings. The van der Waals surface area contributed by atoms with E-state index in [1.807, 2.05) is 0 Å². The molecule has 0 atom stereocenters. The molecule has 1 rings (SSSR count). The van der Waals surface area contributed by atoms with E-state index in [0.717, 1.165) is 5.56 Å². The fourth-order valence-electron chi connectivity index (χ4n) is 0.842. The molecular weight excluding hydrogens is 140 g/mol. The first kappa shape index (κ1) is 7.75. The van der Waals surface area contributed by atoms with E-state index in [2.05, 4.69) is 11.6 Å². The lowest BCUT2D eigenvalue weighted by Gasteiger charge is -2.01. The van der Waals surface area contributed by atoms with E-state index in [4.69, 9.17) is 10.8 Å². The van der Waals surface area contributed by atoms with Gasteiger partial charge in [-0.1, -0.05) is 12.7 Å². The molecule has 0 aliphatic rings. The average molecular weight is 150 g/mol. The normalized spacial score (nSPS) is 9.55. The molecule has 0 saturated heterocycles. The molecule has 58 valence electrons. The van der Waals surface area contributed by atoms with Gasteiger partial charge in [0.1, 0.15) is 5.82 Å². The minimum absolute atomic E-state index is 0.105. The Balaban J connectivity index is 3.16. The van der Waals surface area contributed by atoms with Gasteiger partial charge in [0.15, 0.2) is 0 Å². The van der Waals surface area contributed by atoms with Crippen LogP contribution in [0.4, 0.5) is 5.82 Å². The molecule has 0 unspecified atom stereocenters. The number of nitrogen functional groups attached to an aromatic ring is 1. The highest BCUT2D eigenvalue weighted by molar-refractivity contribution is 5.51. The summed E-state index contributed by atoms with van der Waals surface area (Å²) in [6.07, 6.45) is 1.64. The number of aliphatic hydroxyl groups excluding tert-OH is 1. The van der Waals surface area contributed by atoms with E-state index < -0.39 is 0 Å². The zero-order chi connectivity index (χ0) is 8.27. The second-order valence-electron chi connectivity index (χ2n) is 2.13. The molecule has 0 aromatic carbocycles. The number of pyridine rings is 1. The van der Waals surface area contributed by atoms with Gasteiger partial charge < -0.3 is 10.8 Å². The third-order valence-corrected chi connectivity index (χ3v) is 1.40. The van der Waals surface area contributed by atoms with Crippen LogP contribution in [0.1, 0.15) is 11.3 Å². The highest BCUT2D eigenvalue weighted by Gasteiger charge is 1.98. The van der Waals surface area contributed by atoms with E-state index in [-0.39, 0.29) is 6.61 Å². The Morgan fingerprint density at radius 1 is 1.64 bits per heavy atom. The summed E-state index contributed by atoms with van der Waals surface area (Å²) >= 11 is 0. The SMILES string of the molecule is C=Cc1ccc(N)nc1CO. The molecule has 1 aromatic heterocycles. The summed E-state index contributed by atoms with van der Waals surface area (Å²) in [5.74, 6) is 0.416. The molecule has 0 radical (unpaired) electrons. The lowest BCUT2D eigenvalue weighted by molar-refractivity contribution is 0.277. The summed E-state index contributed by atoms with van der Waals surface area (Å²) < 4.78 is 0. The van der Waals surface area contributed by atoms with Crippen molar-refractivity contribution in [1.82, 2.24) is 4.98 Å². The van der Waals surface area contributed by atoms with Crippen LogP contribution in [0.3, 0.4) is 0 Å². The molecule has 0 spiro atoms. The molecule has 1 heterocycles. The van der Waals surface area contributed by atoms with Crippen molar-refractivity contribution in [2.24, 2.45) is 0 Å². The van der Waals surface area contributed by atoms with Crippen LogP contribution < -0.4 is 5.73 Å². The number of hydrogen-bond donors (Lipinski definition) is 2. The Labute approximate surface area is 65.2 Å².